The lowest BCUT2D eigenvalue weighted by Gasteiger charge is -2.30. The third-order valence-electron chi connectivity index (χ3n) is 2.67. The average molecular weight is 166 g/mol. The Balaban J connectivity index is 2.57. The zero-order chi connectivity index (χ0) is 9.03. The summed E-state index contributed by atoms with van der Waals surface area (Å²) in [6.07, 6.45) is 6.96. The van der Waals surface area contributed by atoms with Gasteiger partial charge in [-0.2, -0.15) is 5.26 Å². The van der Waals surface area contributed by atoms with Crippen LogP contribution in [0.3, 0.4) is 0 Å². The van der Waals surface area contributed by atoms with Crippen LogP contribution >= 0.6 is 0 Å². The number of nitrogens with zero attached hydrogens (tertiary/aromatic N) is 1. The molecule has 0 unspecified atom stereocenters. The van der Waals surface area contributed by atoms with Gasteiger partial charge in [0.1, 0.15) is 0 Å². The maximum Gasteiger partial charge on any atom is 0.238 e. The lowest BCUT2D eigenvalue weighted by atomic mass is 9.75. The number of nitriles is 1. The van der Waals surface area contributed by atoms with Gasteiger partial charge in [0, 0.05) is 5.41 Å². The van der Waals surface area contributed by atoms with E-state index in [2.05, 4.69) is 5.32 Å². The first-order valence-electron chi connectivity index (χ1n) is 4.38. The molecule has 1 fully saturated rings. The molecule has 0 atom stereocenters. The lowest BCUT2D eigenvalue weighted by molar-refractivity contribution is -0.130. The smallest absolute Gasteiger partial charge is 0.238 e. The fourth-order valence-electron chi connectivity index (χ4n) is 1.76. The maximum atomic E-state index is 11.4. The van der Waals surface area contributed by atoms with E-state index in [1.807, 2.05) is 6.92 Å². The third kappa shape index (κ3) is 1.76. The highest BCUT2D eigenvalue weighted by molar-refractivity contribution is 5.83. The van der Waals surface area contributed by atoms with E-state index in [0.29, 0.717) is 0 Å². The first-order valence-corrected chi connectivity index (χ1v) is 4.38. The Hall–Kier alpha value is -1.04. The normalized spacial score (nSPS) is 21.0. The maximum absolute atomic E-state index is 11.4. The van der Waals surface area contributed by atoms with Crippen molar-refractivity contribution in [2.24, 2.45) is 5.41 Å². The van der Waals surface area contributed by atoms with Gasteiger partial charge in [-0.3, -0.25) is 10.1 Å². The first-order chi connectivity index (χ1) is 5.69. The van der Waals surface area contributed by atoms with Crippen LogP contribution in [0.1, 0.15) is 39.0 Å². The minimum Gasteiger partial charge on any atom is -0.273 e. The lowest BCUT2D eigenvalue weighted by Crippen LogP contribution is -2.37. The second kappa shape index (κ2) is 3.57. The zero-order valence-electron chi connectivity index (χ0n) is 7.39. The summed E-state index contributed by atoms with van der Waals surface area (Å²) in [7, 11) is 0. The molecule has 3 heteroatoms. The fourth-order valence-corrected chi connectivity index (χ4v) is 1.76. The second-order valence-electron chi connectivity index (χ2n) is 3.69. The summed E-state index contributed by atoms with van der Waals surface area (Å²) in [5.41, 5.74) is -0.284. The number of nitrogens with one attached hydrogen (secondary N) is 1. The Kier molecular flexibility index (Phi) is 2.69. The van der Waals surface area contributed by atoms with Gasteiger partial charge < -0.3 is 0 Å². The molecule has 0 saturated heterocycles. The topological polar surface area (TPSA) is 52.9 Å². The van der Waals surface area contributed by atoms with E-state index in [1.165, 1.54) is 6.42 Å². The van der Waals surface area contributed by atoms with Crippen LogP contribution in [0.4, 0.5) is 0 Å². The Morgan fingerprint density at radius 3 is 2.50 bits per heavy atom. The van der Waals surface area contributed by atoms with Crippen molar-refractivity contribution in [3.8, 4) is 6.19 Å². The van der Waals surface area contributed by atoms with Crippen LogP contribution in [-0.2, 0) is 4.79 Å². The van der Waals surface area contributed by atoms with Gasteiger partial charge >= 0.3 is 0 Å². The van der Waals surface area contributed by atoms with Crippen LogP contribution in [0.25, 0.3) is 0 Å². The highest BCUT2D eigenvalue weighted by Crippen LogP contribution is 2.35. The Morgan fingerprint density at radius 1 is 1.42 bits per heavy atom. The summed E-state index contributed by atoms with van der Waals surface area (Å²) >= 11 is 0. The highest BCUT2D eigenvalue weighted by atomic mass is 16.2. The number of rotatable bonds is 1. The summed E-state index contributed by atoms with van der Waals surface area (Å²) < 4.78 is 0. The minimum absolute atomic E-state index is 0.107. The molecule has 1 amide bonds. The molecular weight excluding hydrogens is 152 g/mol. The summed E-state index contributed by atoms with van der Waals surface area (Å²) in [6.45, 7) is 1.94. The van der Waals surface area contributed by atoms with Crippen LogP contribution in [0, 0.1) is 16.9 Å². The van der Waals surface area contributed by atoms with Crippen LogP contribution in [-0.4, -0.2) is 5.91 Å². The monoisotopic (exact) mass is 166 g/mol. The van der Waals surface area contributed by atoms with Crippen molar-refractivity contribution in [2.75, 3.05) is 0 Å². The molecule has 1 aliphatic rings. The highest BCUT2D eigenvalue weighted by Gasteiger charge is 2.34. The van der Waals surface area contributed by atoms with Crippen molar-refractivity contribution in [1.82, 2.24) is 5.32 Å². The van der Waals surface area contributed by atoms with Gasteiger partial charge in [0.15, 0.2) is 6.19 Å². The molecule has 0 aliphatic heterocycles. The summed E-state index contributed by atoms with van der Waals surface area (Å²) in [4.78, 5) is 11.4. The molecular formula is C9H14N2O. The Bertz CT molecular complexity index is 211. The predicted molar refractivity (Wildman–Crippen MR) is 44.9 cm³/mol. The number of carbonyl (C=O) groups excluding carboxylic acids is 1. The van der Waals surface area contributed by atoms with Crippen LogP contribution < -0.4 is 5.32 Å². The van der Waals surface area contributed by atoms with E-state index < -0.39 is 0 Å². The molecule has 0 radical (unpaired) electrons. The largest absolute Gasteiger partial charge is 0.273 e. The molecule has 66 valence electrons. The number of carbonyl (C=O) groups is 1. The summed E-state index contributed by atoms with van der Waals surface area (Å²) in [6, 6.07) is 0. The van der Waals surface area contributed by atoms with E-state index in [4.69, 9.17) is 5.26 Å². The van der Waals surface area contributed by atoms with Crippen LogP contribution in [0.5, 0.6) is 0 Å². The quantitative estimate of drug-likeness (QED) is 0.474. The van der Waals surface area contributed by atoms with Crippen molar-refractivity contribution in [3.63, 3.8) is 0 Å². The van der Waals surface area contributed by atoms with Crippen molar-refractivity contribution in [1.29, 1.82) is 5.26 Å². The molecule has 1 saturated carbocycles. The summed E-state index contributed by atoms with van der Waals surface area (Å²) in [5.74, 6) is -0.107. The van der Waals surface area contributed by atoms with Crippen molar-refractivity contribution >= 4 is 5.91 Å². The molecule has 0 spiro atoms. The van der Waals surface area contributed by atoms with Crippen LogP contribution in [0.15, 0.2) is 0 Å². The second-order valence-corrected chi connectivity index (χ2v) is 3.69. The van der Waals surface area contributed by atoms with E-state index in [1.54, 1.807) is 6.19 Å². The third-order valence-corrected chi connectivity index (χ3v) is 2.67. The van der Waals surface area contributed by atoms with Gasteiger partial charge in [0.2, 0.25) is 5.91 Å². The van der Waals surface area contributed by atoms with Crippen LogP contribution in [0.2, 0.25) is 0 Å². The molecule has 1 rings (SSSR count). The predicted octanol–water partition coefficient (Wildman–Crippen LogP) is 1.55. The van der Waals surface area contributed by atoms with Crippen molar-refractivity contribution in [2.45, 2.75) is 39.0 Å². The molecule has 0 aromatic rings. The molecule has 1 aliphatic carbocycles. The minimum atomic E-state index is -0.284. The van der Waals surface area contributed by atoms with Gasteiger partial charge in [0.25, 0.3) is 0 Å². The van der Waals surface area contributed by atoms with E-state index in [9.17, 15) is 4.79 Å². The standard InChI is InChI=1S/C9H14N2O/c1-9(8(12)11-7-10)5-3-2-4-6-9/h2-6H2,1H3,(H,11,12). The van der Waals surface area contributed by atoms with E-state index in [-0.39, 0.29) is 11.3 Å². The summed E-state index contributed by atoms with van der Waals surface area (Å²) in [5, 5.41) is 10.5. The molecule has 0 heterocycles. The number of amides is 1. The van der Waals surface area contributed by atoms with Crippen molar-refractivity contribution in [3.05, 3.63) is 0 Å². The van der Waals surface area contributed by atoms with Gasteiger partial charge in [0.05, 0.1) is 0 Å². The first kappa shape index (κ1) is 9.05. The van der Waals surface area contributed by atoms with E-state index in [0.717, 1.165) is 25.7 Å². The molecule has 12 heavy (non-hydrogen) atoms. The zero-order valence-corrected chi connectivity index (χ0v) is 7.39. The number of hydrogen-bond acceptors (Lipinski definition) is 2. The molecule has 0 aromatic heterocycles. The molecule has 0 aromatic carbocycles. The van der Waals surface area contributed by atoms with E-state index >= 15 is 0 Å². The molecule has 0 bridgehead atoms. The molecule has 1 N–H and O–H groups in total. The Labute approximate surface area is 72.8 Å². The molecule has 3 nitrogen and oxygen atoms in total. The number of hydrogen-bond donors (Lipinski definition) is 1. The van der Waals surface area contributed by atoms with Gasteiger partial charge in [-0.05, 0) is 12.8 Å². The SMILES string of the molecule is CC1(C(=O)NC#N)CCCCC1. The van der Waals surface area contributed by atoms with Crippen molar-refractivity contribution < 1.29 is 4.79 Å². The van der Waals surface area contributed by atoms with Gasteiger partial charge in [-0.15, -0.1) is 0 Å². The Morgan fingerprint density at radius 2 is 2.00 bits per heavy atom. The van der Waals surface area contributed by atoms with Gasteiger partial charge in [-0.1, -0.05) is 26.2 Å². The van der Waals surface area contributed by atoms with Gasteiger partial charge in [-0.25, -0.2) is 0 Å². The fraction of sp³-hybridized carbons (Fsp3) is 0.778. The average Bonchev–Trinajstić information content (AvgIpc) is 2.06.